The lowest BCUT2D eigenvalue weighted by molar-refractivity contribution is 0.0336. The summed E-state index contributed by atoms with van der Waals surface area (Å²) in [6, 6.07) is 9.53. The minimum absolute atomic E-state index is 0.685. The van der Waals surface area contributed by atoms with E-state index >= 15 is 0 Å². The van der Waals surface area contributed by atoms with Crippen LogP contribution in [0.5, 0.6) is 0 Å². The molecule has 4 aromatic rings. The first kappa shape index (κ1) is 18.2. The molecule has 1 saturated heterocycles. The number of rotatable bonds is 4. The first-order chi connectivity index (χ1) is 14.3. The predicted octanol–water partition coefficient (Wildman–Crippen LogP) is 3.36. The first-order valence-corrected chi connectivity index (χ1v) is 9.85. The minimum atomic E-state index is 0.685. The van der Waals surface area contributed by atoms with E-state index in [0.29, 0.717) is 10.7 Å². The topological polar surface area (TPSA) is 69.0 Å². The summed E-state index contributed by atoms with van der Waals surface area (Å²) in [6.07, 6.45) is 7.16. The summed E-state index contributed by atoms with van der Waals surface area (Å²) in [4.78, 5) is 20.7. The van der Waals surface area contributed by atoms with Crippen molar-refractivity contribution in [3.63, 3.8) is 0 Å². The second kappa shape index (κ2) is 7.87. The van der Waals surface area contributed by atoms with Crippen LogP contribution in [-0.2, 0) is 11.3 Å². The van der Waals surface area contributed by atoms with Gasteiger partial charge in [-0.15, -0.1) is 0 Å². The van der Waals surface area contributed by atoms with Crippen LogP contribution in [0.3, 0.4) is 0 Å². The number of ether oxygens (including phenoxy) is 1. The highest BCUT2D eigenvalue weighted by molar-refractivity contribution is 6.30. The van der Waals surface area contributed by atoms with Gasteiger partial charge in [-0.2, -0.15) is 0 Å². The van der Waals surface area contributed by atoms with Crippen molar-refractivity contribution in [1.82, 2.24) is 29.4 Å². The molecule has 1 fully saturated rings. The maximum atomic E-state index is 6.07. The number of fused-ring (bicyclic) bond motifs is 1. The molecule has 0 radical (unpaired) electrons. The number of pyridine rings is 1. The third kappa shape index (κ3) is 3.72. The number of aromatic nitrogens is 5. The molecule has 5 rings (SSSR count). The second-order valence-electron chi connectivity index (χ2n) is 6.89. The maximum absolute atomic E-state index is 6.07. The summed E-state index contributed by atoms with van der Waals surface area (Å²) in [5.74, 6) is 0.723. The fourth-order valence-electron chi connectivity index (χ4n) is 3.49. The Bertz CT molecular complexity index is 1120. The largest absolute Gasteiger partial charge is 0.379 e. The van der Waals surface area contributed by atoms with Crippen molar-refractivity contribution in [2.75, 3.05) is 26.3 Å². The molecule has 0 aliphatic carbocycles. The molecule has 4 heterocycles. The zero-order valence-electron chi connectivity index (χ0n) is 15.7. The van der Waals surface area contributed by atoms with E-state index in [1.807, 2.05) is 41.1 Å². The SMILES string of the molecule is Clc1ccc(-n2c(-c3cnc(CN4CCOCC4)cn3)nc3ccncc32)cc1. The maximum Gasteiger partial charge on any atom is 0.166 e. The molecule has 0 N–H and O–H groups in total. The Labute approximate surface area is 173 Å². The van der Waals surface area contributed by atoms with Gasteiger partial charge in [0.2, 0.25) is 0 Å². The molecule has 0 bridgehead atoms. The predicted molar refractivity (Wildman–Crippen MR) is 111 cm³/mol. The molecule has 3 aromatic heterocycles. The van der Waals surface area contributed by atoms with Gasteiger partial charge in [-0.1, -0.05) is 11.6 Å². The lowest BCUT2D eigenvalue weighted by Gasteiger charge is -2.25. The Hall–Kier alpha value is -2.87. The Balaban J connectivity index is 1.52. The summed E-state index contributed by atoms with van der Waals surface area (Å²) in [7, 11) is 0. The van der Waals surface area contributed by atoms with Crippen molar-refractivity contribution >= 4 is 22.6 Å². The van der Waals surface area contributed by atoms with Gasteiger partial charge in [0.05, 0.1) is 48.5 Å². The molecule has 1 aliphatic rings. The quantitative estimate of drug-likeness (QED) is 0.517. The summed E-state index contributed by atoms with van der Waals surface area (Å²) in [6.45, 7) is 4.15. The number of benzene rings is 1. The summed E-state index contributed by atoms with van der Waals surface area (Å²) in [5.41, 5.74) is 4.35. The number of hydrogen-bond donors (Lipinski definition) is 0. The normalized spacial score (nSPS) is 15.1. The van der Waals surface area contributed by atoms with Gasteiger partial charge in [0.25, 0.3) is 0 Å². The third-order valence-corrected chi connectivity index (χ3v) is 5.22. The Morgan fingerprint density at radius 2 is 1.79 bits per heavy atom. The summed E-state index contributed by atoms with van der Waals surface area (Å²) < 4.78 is 7.44. The van der Waals surface area contributed by atoms with Crippen molar-refractivity contribution in [2.24, 2.45) is 0 Å². The molecule has 0 spiro atoms. The first-order valence-electron chi connectivity index (χ1n) is 9.48. The van der Waals surface area contributed by atoms with Crippen molar-refractivity contribution in [2.45, 2.75) is 6.54 Å². The van der Waals surface area contributed by atoms with Crippen LogP contribution < -0.4 is 0 Å². The van der Waals surface area contributed by atoms with Crippen LogP contribution in [-0.4, -0.2) is 55.7 Å². The molecule has 0 amide bonds. The van der Waals surface area contributed by atoms with Gasteiger partial charge >= 0.3 is 0 Å². The van der Waals surface area contributed by atoms with Gasteiger partial charge in [-0.3, -0.25) is 19.4 Å². The highest BCUT2D eigenvalue weighted by Crippen LogP contribution is 2.27. The third-order valence-electron chi connectivity index (χ3n) is 4.97. The Kier molecular flexibility index (Phi) is 4.93. The highest BCUT2D eigenvalue weighted by Gasteiger charge is 2.17. The average molecular weight is 407 g/mol. The van der Waals surface area contributed by atoms with E-state index in [2.05, 4.69) is 19.9 Å². The molecule has 7 nitrogen and oxygen atoms in total. The van der Waals surface area contributed by atoms with Crippen molar-refractivity contribution in [3.8, 4) is 17.2 Å². The van der Waals surface area contributed by atoms with Crippen LogP contribution in [0.2, 0.25) is 5.02 Å². The van der Waals surface area contributed by atoms with E-state index in [1.165, 1.54) is 0 Å². The lowest BCUT2D eigenvalue weighted by atomic mass is 10.3. The monoisotopic (exact) mass is 406 g/mol. The number of hydrogen-bond acceptors (Lipinski definition) is 6. The molecule has 0 atom stereocenters. The van der Waals surface area contributed by atoms with Crippen LogP contribution in [0.1, 0.15) is 5.69 Å². The van der Waals surface area contributed by atoms with E-state index in [-0.39, 0.29) is 0 Å². The molecule has 29 heavy (non-hydrogen) atoms. The molecular formula is C21H19ClN6O. The van der Waals surface area contributed by atoms with E-state index in [9.17, 15) is 0 Å². The zero-order chi connectivity index (χ0) is 19.6. The summed E-state index contributed by atoms with van der Waals surface area (Å²) >= 11 is 6.07. The van der Waals surface area contributed by atoms with Crippen molar-refractivity contribution in [1.29, 1.82) is 0 Å². The average Bonchev–Trinajstić information content (AvgIpc) is 3.15. The Morgan fingerprint density at radius 1 is 0.966 bits per heavy atom. The van der Waals surface area contributed by atoms with Crippen molar-refractivity contribution in [3.05, 3.63) is 65.8 Å². The smallest absolute Gasteiger partial charge is 0.166 e. The molecule has 1 aliphatic heterocycles. The van der Waals surface area contributed by atoms with Crippen LogP contribution >= 0.6 is 11.6 Å². The molecule has 1 aromatic carbocycles. The number of morpholine rings is 1. The fraction of sp³-hybridized carbons (Fsp3) is 0.238. The van der Waals surface area contributed by atoms with Gasteiger partial charge in [0, 0.05) is 36.5 Å². The van der Waals surface area contributed by atoms with Crippen LogP contribution in [0, 0.1) is 0 Å². The van der Waals surface area contributed by atoms with Crippen LogP contribution in [0.25, 0.3) is 28.2 Å². The molecule has 8 heteroatoms. The zero-order valence-corrected chi connectivity index (χ0v) is 16.5. The van der Waals surface area contributed by atoms with Crippen molar-refractivity contribution < 1.29 is 4.74 Å². The molecule has 0 saturated carbocycles. The minimum Gasteiger partial charge on any atom is -0.379 e. The second-order valence-corrected chi connectivity index (χ2v) is 7.33. The number of imidazole rings is 1. The van der Waals surface area contributed by atoms with Crippen LogP contribution in [0.15, 0.2) is 55.1 Å². The van der Waals surface area contributed by atoms with E-state index in [4.69, 9.17) is 21.3 Å². The molecule has 0 unspecified atom stereocenters. The van der Waals surface area contributed by atoms with Gasteiger partial charge in [-0.05, 0) is 30.3 Å². The summed E-state index contributed by atoms with van der Waals surface area (Å²) in [5, 5.41) is 0.685. The van der Waals surface area contributed by atoms with E-state index < -0.39 is 0 Å². The van der Waals surface area contributed by atoms with Gasteiger partial charge in [0.15, 0.2) is 5.82 Å². The number of halogens is 1. The fourth-order valence-corrected chi connectivity index (χ4v) is 3.61. The van der Waals surface area contributed by atoms with E-state index in [1.54, 1.807) is 18.6 Å². The van der Waals surface area contributed by atoms with Gasteiger partial charge < -0.3 is 4.74 Å². The Morgan fingerprint density at radius 3 is 2.55 bits per heavy atom. The van der Waals surface area contributed by atoms with Gasteiger partial charge in [-0.25, -0.2) is 9.97 Å². The molecule has 146 valence electrons. The van der Waals surface area contributed by atoms with Crippen LogP contribution in [0.4, 0.5) is 0 Å². The van der Waals surface area contributed by atoms with E-state index in [0.717, 1.165) is 61.1 Å². The highest BCUT2D eigenvalue weighted by atomic mass is 35.5. The standard InChI is InChI=1S/C21H19ClN6O/c22-15-1-3-17(4-2-15)28-20-13-23-6-5-18(20)26-21(28)19-12-24-16(11-25-19)14-27-7-9-29-10-8-27/h1-6,11-13H,7-10,14H2. The number of nitrogens with zero attached hydrogens (tertiary/aromatic N) is 6. The van der Waals surface area contributed by atoms with Gasteiger partial charge in [0.1, 0.15) is 5.69 Å². The lowest BCUT2D eigenvalue weighted by Crippen LogP contribution is -2.35. The molecular weight excluding hydrogens is 388 g/mol.